The first-order valence-corrected chi connectivity index (χ1v) is 11.4. The van der Waals surface area contributed by atoms with Crippen molar-refractivity contribution in [1.82, 2.24) is 9.03 Å². The first-order valence-electron chi connectivity index (χ1n) is 8.05. The number of nitrogens with zero attached hydrogens (tertiary/aromatic N) is 2. The number of hydrogen-bond donors (Lipinski definition) is 1. The lowest BCUT2D eigenvalue weighted by Gasteiger charge is -2.19. The molecule has 10 heteroatoms. The maximum Gasteiger partial charge on any atom is 0.243 e. The third-order valence-corrected chi connectivity index (χ3v) is 7.03. The van der Waals surface area contributed by atoms with Gasteiger partial charge in [0.1, 0.15) is 0 Å². The SMILES string of the molecule is CS(=O)(=O)NC1CCN(S(=O)(=O)c2ccc(N3CCCC3=O)cc2)C1. The second-order valence-corrected chi connectivity index (χ2v) is 10.1. The van der Waals surface area contributed by atoms with Crippen molar-refractivity contribution in [3.8, 4) is 0 Å². The summed E-state index contributed by atoms with van der Waals surface area (Å²) in [5.74, 6) is 0.0461. The molecule has 0 radical (unpaired) electrons. The molecule has 2 aliphatic heterocycles. The Hall–Kier alpha value is -1.49. The highest BCUT2D eigenvalue weighted by molar-refractivity contribution is 7.89. The van der Waals surface area contributed by atoms with E-state index in [1.54, 1.807) is 17.0 Å². The molecule has 25 heavy (non-hydrogen) atoms. The van der Waals surface area contributed by atoms with Crippen molar-refractivity contribution < 1.29 is 21.6 Å². The number of anilines is 1. The fraction of sp³-hybridized carbons (Fsp3) is 0.533. The fourth-order valence-corrected chi connectivity index (χ4v) is 5.51. The molecule has 0 aromatic heterocycles. The third kappa shape index (κ3) is 4.02. The third-order valence-electron chi connectivity index (χ3n) is 4.39. The van der Waals surface area contributed by atoms with Crippen molar-refractivity contribution in [2.75, 3.05) is 30.8 Å². The van der Waals surface area contributed by atoms with Gasteiger partial charge in [-0.2, -0.15) is 4.31 Å². The molecule has 0 spiro atoms. The van der Waals surface area contributed by atoms with Crippen LogP contribution in [0, 0.1) is 0 Å². The minimum atomic E-state index is -3.69. The molecule has 1 N–H and O–H groups in total. The van der Waals surface area contributed by atoms with Crippen LogP contribution in [-0.2, 0) is 24.8 Å². The van der Waals surface area contributed by atoms with E-state index < -0.39 is 26.1 Å². The molecular weight excluding hydrogens is 366 g/mol. The van der Waals surface area contributed by atoms with Gasteiger partial charge in [0.2, 0.25) is 26.0 Å². The van der Waals surface area contributed by atoms with Crippen LogP contribution in [0.5, 0.6) is 0 Å². The molecule has 3 rings (SSSR count). The highest BCUT2D eigenvalue weighted by atomic mass is 32.2. The summed E-state index contributed by atoms with van der Waals surface area (Å²) in [4.78, 5) is 13.6. The number of hydrogen-bond acceptors (Lipinski definition) is 5. The van der Waals surface area contributed by atoms with E-state index in [0.29, 0.717) is 25.1 Å². The molecule has 1 amide bonds. The number of nitrogens with one attached hydrogen (secondary N) is 1. The van der Waals surface area contributed by atoms with Crippen molar-refractivity contribution in [2.45, 2.75) is 30.2 Å². The van der Waals surface area contributed by atoms with E-state index in [4.69, 9.17) is 0 Å². The molecule has 138 valence electrons. The lowest BCUT2D eigenvalue weighted by Crippen LogP contribution is -2.37. The highest BCUT2D eigenvalue weighted by Crippen LogP contribution is 2.26. The van der Waals surface area contributed by atoms with Crippen molar-refractivity contribution in [3.63, 3.8) is 0 Å². The van der Waals surface area contributed by atoms with Crippen LogP contribution in [0.4, 0.5) is 5.69 Å². The molecule has 1 aromatic carbocycles. The van der Waals surface area contributed by atoms with Crippen molar-refractivity contribution in [2.24, 2.45) is 0 Å². The van der Waals surface area contributed by atoms with Gasteiger partial charge in [0.15, 0.2) is 0 Å². The van der Waals surface area contributed by atoms with Gasteiger partial charge in [0, 0.05) is 37.8 Å². The van der Waals surface area contributed by atoms with E-state index in [-0.39, 0.29) is 23.9 Å². The Morgan fingerprint density at radius 1 is 1.08 bits per heavy atom. The van der Waals surface area contributed by atoms with Gasteiger partial charge in [-0.05, 0) is 37.1 Å². The van der Waals surface area contributed by atoms with E-state index in [2.05, 4.69) is 4.72 Å². The van der Waals surface area contributed by atoms with E-state index in [1.165, 1.54) is 16.4 Å². The zero-order valence-electron chi connectivity index (χ0n) is 13.9. The fourth-order valence-electron chi connectivity index (χ4n) is 3.21. The lowest BCUT2D eigenvalue weighted by molar-refractivity contribution is -0.117. The number of sulfonamides is 2. The average Bonchev–Trinajstić information content (AvgIpc) is 3.15. The topological polar surface area (TPSA) is 104 Å². The molecule has 1 aromatic rings. The molecule has 2 fully saturated rings. The zero-order chi connectivity index (χ0) is 18.2. The maximum absolute atomic E-state index is 12.7. The van der Waals surface area contributed by atoms with E-state index >= 15 is 0 Å². The molecule has 1 unspecified atom stereocenters. The number of rotatable bonds is 5. The average molecular weight is 387 g/mol. The second kappa shape index (κ2) is 6.67. The summed E-state index contributed by atoms with van der Waals surface area (Å²) in [6.07, 6.45) is 2.82. The van der Waals surface area contributed by atoms with Crippen molar-refractivity contribution >= 4 is 31.6 Å². The Balaban J connectivity index is 1.73. The minimum absolute atomic E-state index is 0.0461. The Labute approximate surface area is 147 Å². The number of carbonyl (C=O) groups excluding carboxylic acids is 1. The van der Waals surface area contributed by atoms with Crippen LogP contribution in [0.25, 0.3) is 0 Å². The van der Waals surface area contributed by atoms with Gasteiger partial charge in [-0.3, -0.25) is 4.79 Å². The molecular formula is C15H21N3O5S2. The Bertz CT molecular complexity index is 865. The molecule has 0 bridgehead atoms. The van der Waals surface area contributed by atoms with Gasteiger partial charge < -0.3 is 4.90 Å². The zero-order valence-corrected chi connectivity index (χ0v) is 15.5. The van der Waals surface area contributed by atoms with Gasteiger partial charge in [-0.15, -0.1) is 0 Å². The second-order valence-electron chi connectivity index (χ2n) is 6.38. The summed E-state index contributed by atoms with van der Waals surface area (Å²) in [7, 11) is -7.06. The van der Waals surface area contributed by atoms with E-state index in [0.717, 1.165) is 12.7 Å². The summed E-state index contributed by atoms with van der Waals surface area (Å²) in [6, 6.07) is 5.85. The molecule has 8 nitrogen and oxygen atoms in total. The first-order chi connectivity index (χ1) is 11.7. The first kappa shape index (κ1) is 18.3. The molecule has 2 aliphatic rings. The lowest BCUT2D eigenvalue weighted by atomic mass is 10.3. The van der Waals surface area contributed by atoms with Gasteiger partial charge >= 0.3 is 0 Å². The summed E-state index contributed by atoms with van der Waals surface area (Å²) >= 11 is 0. The monoisotopic (exact) mass is 387 g/mol. The molecule has 0 aliphatic carbocycles. The Morgan fingerprint density at radius 2 is 1.76 bits per heavy atom. The van der Waals surface area contributed by atoms with Crippen LogP contribution in [0.1, 0.15) is 19.3 Å². The smallest absolute Gasteiger partial charge is 0.243 e. The quantitative estimate of drug-likeness (QED) is 0.773. The largest absolute Gasteiger partial charge is 0.312 e. The summed E-state index contributed by atoms with van der Waals surface area (Å²) in [5, 5.41) is 0. The van der Waals surface area contributed by atoms with Gasteiger partial charge in [-0.25, -0.2) is 21.6 Å². The normalized spacial score (nSPS) is 22.7. The summed E-state index contributed by atoms with van der Waals surface area (Å²) in [6.45, 7) is 1.03. The standard InChI is InChI=1S/C15H21N3O5S2/c1-24(20,21)16-12-8-10-17(11-12)25(22,23)14-6-4-13(5-7-14)18-9-2-3-15(18)19/h4-7,12,16H,2-3,8-11H2,1H3. The van der Waals surface area contributed by atoms with E-state index in [9.17, 15) is 21.6 Å². The maximum atomic E-state index is 12.7. The van der Waals surface area contributed by atoms with Crippen LogP contribution in [0.15, 0.2) is 29.2 Å². The van der Waals surface area contributed by atoms with Crippen LogP contribution in [-0.4, -0.2) is 59.0 Å². The molecule has 0 saturated carbocycles. The Morgan fingerprint density at radius 3 is 2.32 bits per heavy atom. The number of benzene rings is 1. The molecule has 2 heterocycles. The van der Waals surface area contributed by atoms with Gasteiger partial charge in [0.05, 0.1) is 11.2 Å². The van der Waals surface area contributed by atoms with Crippen LogP contribution >= 0.6 is 0 Å². The summed E-state index contributed by atoms with van der Waals surface area (Å²) in [5.41, 5.74) is 0.694. The van der Waals surface area contributed by atoms with Crippen LogP contribution in [0.3, 0.4) is 0 Å². The predicted molar refractivity (Wildman–Crippen MR) is 93.2 cm³/mol. The van der Waals surface area contributed by atoms with Crippen LogP contribution < -0.4 is 9.62 Å². The van der Waals surface area contributed by atoms with E-state index in [1.807, 2.05) is 0 Å². The number of carbonyl (C=O) groups is 1. The summed E-state index contributed by atoms with van der Waals surface area (Å²) < 4.78 is 51.7. The van der Waals surface area contributed by atoms with Crippen LogP contribution in [0.2, 0.25) is 0 Å². The van der Waals surface area contributed by atoms with Gasteiger partial charge in [-0.1, -0.05) is 0 Å². The Kier molecular flexibility index (Phi) is 4.89. The highest BCUT2D eigenvalue weighted by Gasteiger charge is 2.33. The minimum Gasteiger partial charge on any atom is -0.312 e. The predicted octanol–water partition coefficient (Wildman–Crippen LogP) is 0.126. The van der Waals surface area contributed by atoms with Crippen molar-refractivity contribution in [1.29, 1.82) is 0 Å². The molecule has 1 atom stereocenters. The number of amides is 1. The van der Waals surface area contributed by atoms with Gasteiger partial charge in [0.25, 0.3) is 0 Å². The molecule has 2 saturated heterocycles. The van der Waals surface area contributed by atoms with Crippen molar-refractivity contribution in [3.05, 3.63) is 24.3 Å².